The molecule has 0 atom stereocenters. The molecule has 3 aromatic rings. The fourth-order valence-electron chi connectivity index (χ4n) is 3.04. The average Bonchev–Trinajstić information content (AvgIpc) is 2.47. The van der Waals surface area contributed by atoms with Crippen LogP contribution in [0.15, 0.2) is 54.7 Å². The summed E-state index contributed by atoms with van der Waals surface area (Å²) in [7, 11) is 2.17. The van der Waals surface area contributed by atoms with Crippen molar-refractivity contribution < 1.29 is 4.57 Å². The van der Waals surface area contributed by atoms with Crippen molar-refractivity contribution in [1.82, 2.24) is 0 Å². The molecule has 0 fully saturated rings. The predicted molar refractivity (Wildman–Crippen MR) is 98.3 cm³/mol. The van der Waals surface area contributed by atoms with Crippen molar-refractivity contribution in [2.45, 2.75) is 24.2 Å². The van der Waals surface area contributed by atoms with Gasteiger partial charge in [-0.05, 0) is 0 Å². The number of hydrogen-bond donors (Lipinski definition) is 0. The summed E-state index contributed by atoms with van der Waals surface area (Å²) in [5, 5.41) is 2.66. The molecule has 1 heterocycles. The Morgan fingerprint density at radius 3 is 2.27 bits per heavy atom. The molecule has 0 aliphatic heterocycles. The second kappa shape index (κ2) is 5.55. The molecule has 0 spiro atoms. The molecule has 3 rings (SSSR count). The summed E-state index contributed by atoms with van der Waals surface area (Å²) in [5.74, 6) is 7.32. The molecule has 0 aliphatic rings. The van der Waals surface area contributed by atoms with Crippen molar-refractivity contribution in [3.05, 3.63) is 60.3 Å². The number of pyridine rings is 1. The van der Waals surface area contributed by atoms with Crippen LogP contribution in [0.3, 0.4) is 0 Å². The predicted octanol–water partition coefficient (Wildman–Crippen LogP) is 4.18. The first-order valence-corrected chi connectivity index (χ1v) is 15.2. The first-order valence-electron chi connectivity index (χ1n) is 7.87. The van der Waals surface area contributed by atoms with Crippen LogP contribution in [0, 0.1) is 6.92 Å². The number of aryl methyl sites for hydroxylation is 2. The van der Waals surface area contributed by atoms with Crippen LogP contribution in [0.1, 0.15) is 5.56 Å². The van der Waals surface area contributed by atoms with Crippen LogP contribution in [0.25, 0.3) is 22.0 Å². The van der Waals surface area contributed by atoms with Crippen molar-refractivity contribution in [3.63, 3.8) is 0 Å². The Hall–Kier alpha value is -1.61. The van der Waals surface area contributed by atoms with Gasteiger partial charge in [0.25, 0.3) is 0 Å². The summed E-state index contributed by atoms with van der Waals surface area (Å²) in [6, 6.07) is 17.7. The van der Waals surface area contributed by atoms with Gasteiger partial charge < -0.3 is 0 Å². The summed E-state index contributed by atoms with van der Waals surface area (Å²) in [5.41, 5.74) is 3.98. The molecule has 0 radical (unpaired) electrons. The van der Waals surface area contributed by atoms with Crippen molar-refractivity contribution in [1.29, 1.82) is 0 Å². The van der Waals surface area contributed by atoms with E-state index in [1.165, 1.54) is 27.6 Å². The van der Waals surface area contributed by atoms with Crippen molar-refractivity contribution >= 4 is 28.4 Å². The van der Waals surface area contributed by atoms with Crippen molar-refractivity contribution in [2.24, 2.45) is 7.05 Å². The number of nitrogens with zero attached hydrogens (tertiary/aromatic N) is 1. The Labute approximate surface area is 136 Å². The molecule has 0 N–H and O–H groups in total. The van der Waals surface area contributed by atoms with Crippen LogP contribution in [-0.4, -0.2) is 13.3 Å². The van der Waals surface area contributed by atoms with Crippen LogP contribution in [0.5, 0.6) is 0 Å². The van der Waals surface area contributed by atoms with E-state index in [2.05, 4.69) is 90.5 Å². The fraction of sp³-hybridized carbons (Fsp3) is 0.250. The summed E-state index contributed by atoms with van der Waals surface area (Å²) >= 11 is -1.77. The molecule has 112 valence electrons. The van der Waals surface area contributed by atoms with Gasteiger partial charge in [0.1, 0.15) is 0 Å². The Bertz CT molecular complexity index is 844. The topological polar surface area (TPSA) is 3.88 Å². The van der Waals surface area contributed by atoms with Gasteiger partial charge >= 0.3 is 136 Å². The van der Waals surface area contributed by atoms with Gasteiger partial charge in [0.05, 0.1) is 0 Å². The van der Waals surface area contributed by atoms with E-state index in [-0.39, 0.29) is 0 Å². The molecule has 1 nitrogen and oxygen atoms in total. The number of rotatable bonds is 2. The molecule has 2 aromatic carbocycles. The molecule has 0 saturated heterocycles. The molecule has 0 bridgehead atoms. The second-order valence-corrected chi connectivity index (χ2v) is 17.8. The van der Waals surface area contributed by atoms with Crippen LogP contribution in [0.4, 0.5) is 0 Å². The maximum atomic E-state index is 2.44. The number of fused-ring (bicyclic) bond motifs is 1. The standard InChI is InChI=1S/C20H24GeN/c1-15-18-9-7-6-8-16(18)10-12-19(15)20-13-11-17(14-22(20)5)21(2,3)4/h6-14H,1-5H3/q+1. The van der Waals surface area contributed by atoms with Crippen LogP contribution >= 0.6 is 0 Å². The number of hydrogen-bond acceptors (Lipinski definition) is 0. The van der Waals surface area contributed by atoms with E-state index in [1.54, 1.807) is 4.40 Å². The van der Waals surface area contributed by atoms with Gasteiger partial charge in [-0.25, -0.2) is 0 Å². The normalized spacial score (nSPS) is 11.9. The minimum atomic E-state index is -1.77. The molecule has 0 unspecified atom stereocenters. The van der Waals surface area contributed by atoms with E-state index >= 15 is 0 Å². The molecule has 1 aromatic heterocycles. The average molecular weight is 351 g/mol. The summed E-state index contributed by atoms with van der Waals surface area (Å²) in [6.45, 7) is 2.23. The Morgan fingerprint density at radius 2 is 1.59 bits per heavy atom. The van der Waals surface area contributed by atoms with Gasteiger partial charge in [-0.1, -0.05) is 0 Å². The molecular formula is C20H24GeN+. The number of aromatic nitrogens is 1. The van der Waals surface area contributed by atoms with E-state index in [0.717, 1.165) is 0 Å². The van der Waals surface area contributed by atoms with E-state index in [9.17, 15) is 0 Å². The van der Waals surface area contributed by atoms with E-state index in [4.69, 9.17) is 0 Å². The molecule has 0 saturated carbocycles. The van der Waals surface area contributed by atoms with Crippen molar-refractivity contribution in [2.75, 3.05) is 0 Å². The quantitative estimate of drug-likeness (QED) is 0.482. The van der Waals surface area contributed by atoms with E-state index in [0.29, 0.717) is 0 Å². The SMILES string of the molecule is Cc1c(-c2cc[c]([Ge]([CH3])([CH3])[CH3])c[n+]2C)ccc2ccccc12. The summed E-state index contributed by atoms with van der Waals surface area (Å²) in [6.07, 6.45) is 2.34. The fourth-order valence-corrected chi connectivity index (χ4v) is 5.48. The summed E-state index contributed by atoms with van der Waals surface area (Å²) in [4.78, 5) is 0. The van der Waals surface area contributed by atoms with Crippen molar-refractivity contribution in [3.8, 4) is 11.3 Å². The van der Waals surface area contributed by atoms with Gasteiger partial charge in [0.2, 0.25) is 0 Å². The number of benzene rings is 2. The second-order valence-electron chi connectivity index (χ2n) is 7.12. The zero-order valence-corrected chi connectivity index (χ0v) is 16.2. The first kappa shape index (κ1) is 15.3. The Morgan fingerprint density at radius 1 is 0.864 bits per heavy atom. The van der Waals surface area contributed by atoms with Crippen LogP contribution in [-0.2, 0) is 7.05 Å². The third-order valence-electron chi connectivity index (χ3n) is 4.47. The third-order valence-corrected chi connectivity index (χ3v) is 8.73. The molecular weight excluding hydrogens is 327 g/mol. The van der Waals surface area contributed by atoms with Crippen LogP contribution < -0.4 is 8.96 Å². The van der Waals surface area contributed by atoms with E-state index in [1.807, 2.05) is 0 Å². The zero-order chi connectivity index (χ0) is 15.9. The molecule has 0 amide bonds. The monoisotopic (exact) mass is 352 g/mol. The molecule has 22 heavy (non-hydrogen) atoms. The Kier molecular flexibility index (Phi) is 3.86. The minimum absolute atomic E-state index is 1.29. The Balaban J connectivity index is 2.18. The van der Waals surface area contributed by atoms with Gasteiger partial charge in [0.15, 0.2) is 0 Å². The zero-order valence-electron chi connectivity index (χ0n) is 14.1. The third kappa shape index (κ3) is 2.70. The van der Waals surface area contributed by atoms with Gasteiger partial charge in [-0.15, -0.1) is 0 Å². The first-order chi connectivity index (χ1) is 10.4. The van der Waals surface area contributed by atoms with E-state index < -0.39 is 13.3 Å². The summed E-state index contributed by atoms with van der Waals surface area (Å²) < 4.78 is 3.84. The van der Waals surface area contributed by atoms with Gasteiger partial charge in [-0.3, -0.25) is 0 Å². The van der Waals surface area contributed by atoms with Gasteiger partial charge in [-0.2, -0.15) is 0 Å². The maximum absolute atomic E-state index is 2.44. The molecule has 2 heteroatoms. The van der Waals surface area contributed by atoms with Crippen LogP contribution in [0.2, 0.25) is 17.3 Å². The van der Waals surface area contributed by atoms with Gasteiger partial charge in [0, 0.05) is 0 Å². The molecule has 0 aliphatic carbocycles.